The summed E-state index contributed by atoms with van der Waals surface area (Å²) in [6, 6.07) is 5.03. The van der Waals surface area contributed by atoms with Gasteiger partial charge in [0, 0.05) is 12.3 Å². The Hall–Kier alpha value is -2.70. The van der Waals surface area contributed by atoms with E-state index in [4.69, 9.17) is 4.74 Å². The van der Waals surface area contributed by atoms with Crippen LogP contribution in [0.3, 0.4) is 0 Å². The third kappa shape index (κ3) is 2.45. The molecule has 2 aromatic rings. The van der Waals surface area contributed by atoms with Crippen LogP contribution >= 0.6 is 0 Å². The zero-order valence-electron chi connectivity index (χ0n) is 11.9. The molecule has 1 aliphatic rings. The van der Waals surface area contributed by atoms with Crippen molar-refractivity contribution in [3.05, 3.63) is 50.9 Å². The van der Waals surface area contributed by atoms with Crippen LogP contribution in [0.4, 0.5) is 5.69 Å². The number of non-ortho nitro benzene ring substituents is 1. The highest BCUT2D eigenvalue weighted by Gasteiger charge is 2.29. The first-order chi connectivity index (χ1) is 10.5. The number of rotatable bonds is 4. The van der Waals surface area contributed by atoms with Crippen LogP contribution in [0.2, 0.25) is 0 Å². The van der Waals surface area contributed by atoms with Gasteiger partial charge in [-0.2, -0.15) is 0 Å². The third-order valence-corrected chi connectivity index (χ3v) is 3.71. The highest BCUT2D eigenvalue weighted by Crippen LogP contribution is 2.26. The first-order valence-corrected chi connectivity index (χ1v) is 6.98. The Bertz CT molecular complexity index is 822. The molecular formula is C15H14N2O5. The molecular weight excluding hydrogens is 288 g/mol. The number of benzene rings is 1. The summed E-state index contributed by atoms with van der Waals surface area (Å²) in [5.41, 5.74) is -0.573. The Morgan fingerprint density at radius 1 is 1.36 bits per heavy atom. The van der Waals surface area contributed by atoms with Gasteiger partial charge in [-0.15, -0.1) is 0 Å². The Balaban J connectivity index is 2.04. The summed E-state index contributed by atoms with van der Waals surface area (Å²) >= 11 is 0. The van der Waals surface area contributed by atoms with Gasteiger partial charge in [-0.05, 0) is 31.9 Å². The molecule has 1 heterocycles. The average Bonchev–Trinajstić information content (AvgIpc) is 3.30. The minimum absolute atomic E-state index is 0.0350. The Morgan fingerprint density at radius 2 is 2.09 bits per heavy atom. The van der Waals surface area contributed by atoms with E-state index in [1.165, 1.54) is 35.0 Å². The van der Waals surface area contributed by atoms with Crippen molar-refractivity contribution in [2.75, 3.05) is 0 Å². The standard InChI is InChI=1S/C15H14N2O5/c1-9(15(19)22-10-5-6-10)16-8-7-11-12(14(16)18)3-2-4-13(11)17(20)21/h2-4,7-10H,5-6H2,1H3/t9-/m1/s1. The summed E-state index contributed by atoms with van der Waals surface area (Å²) in [5, 5.41) is 11.5. The van der Waals surface area contributed by atoms with E-state index in [1.807, 2.05) is 0 Å². The van der Waals surface area contributed by atoms with Gasteiger partial charge in [0.05, 0.1) is 15.7 Å². The fourth-order valence-electron chi connectivity index (χ4n) is 2.30. The van der Waals surface area contributed by atoms with Gasteiger partial charge in [0.2, 0.25) is 0 Å². The van der Waals surface area contributed by atoms with E-state index in [2.05, 4.69) is 0 Å². The van der Waals surface area contributed by atoms with Crippen LogP contribution in [-0.4, -0.2) is 21.6 Å². The predicted octanol–water partition coefficient (Wildman–Crippen LogP) is 2.18. The van der Waals surface area contributed by atoms with Crippen molar-refractivity contribution in [1.29, 1.82) is 0 Å². The maximum Gasteiger partial charge on any atom is 0.329 e. The molecule has 0 amide bonds. The molecule has 0 spiro atoms. The lowest BCUT2D eigenvalue weighted by atomic mass is 10.1. The maximum atomic E-state index is 12.5. The number of nitro benzene ring substituents is 1. The summed E-state index contributed by atoms with van der Waals surface area (Å²) in [4.78, 5) is 34.9. The van der Waals surface area contributed by atoms with E-state index in [0.29, 0.717) is 0 Å². The molecule has 1 aromatic carbocycles. The van der Waals surface area contributed by atoms with Gasteiger partial charge in [-0.1, -0.05) is 6.07 Å². The second-order valence-electron chi connectivity index (χ2n) is 5.34. The highest BCUT2D eigenvalue weighted by atomic mass is 16.6. The first kappa shape index (κ1) is 14.2. The molecule has 7 heteroatoms. The van der Waals surface area contributed by atoms with Gasteiger partial charge in [0.1, 0.15) is 12.1 Å². The van der Waals surface area contributed by atoms with E-state index in [9.17, 15) is 19.7 Å². The van der Waals surface area contributed by atoms with E-state index >= 15 is 0 Å². The molecule has 3 rings (SSSR count). The largest absolute Gasteiger partial charge is 0.461 e. The van der Waals surface area contributed by atoms with Gasteiger partial charge in [-0.3, -0.25) is 14.9 Å². The number of hydrogen-bond acceptors (Lipinski definition) is 5. The fraction of sp³-hybridized carbons (Fsp3) is 0.333. The number of aromatic nitrogens is 1. The van der Waals surface area contributed by atoms with E-state index in [1.54, 1.807) is 6.92 Å². The minimum Gasteiger partial charge on any atom is -0.461 e. The molecule has 1 aliphatic carbocycles. The topological polar surface area (TPSA) is 91.4 Å². The number of pyridine rings is 1. The molecule has 0 saturated heterocycles. The molecule has 0 radical (unpaired) electrons. The number of ether oxygens (including phenoxy) is 1. The zero-order valence-corrected chi connectivity index (χ0v) is 11.9. The van der Waals surface area contributed by atoms with Gasteiger partial charge < -0.3 is 9.30 Å². The Kier molecular flexibility index (Phi) is 3.40. The lowest BCUT2D eigenvalue weighted by molar-refractivity contribution is -0.383. The summed E-state index contributed by atoms with van der Waals surface area (Å²) in [7, 11) is 0. The lowest BCUT2D eigenvalue weighted by Crippen LogP contribution is -2.29. The number of nitro groups is 1. The number of carbonyl (C=O) groups excluding carboxylic acids is 1. The van der Waals surface area contributed by atoms with Crippen molar-refractivity contribution >= 4 is 22.4 Å². The normalized spacial score (nSPS) is 15.5. The lowest BCUT2D eigenvalue weighted by Gasteiger charge is -2.14. The molecule has 0 bridgehead atoms. The van der Waals surface area contributed by atoms with Crippen molar-refractivity contribution < 1.29 is 14.5 Å². The zero-order chi connectivity index (χ0) is 15.9. The van der Waals surface area contributed by atoms with Gasteiger partial charge in [-0.25, -0.2) is 4.79 Å². The van der Waals surface area contributed by atoms with Crippen molar-refractivity contribution in [2.45, 2.75) is 31.9 Å². The van der Waals surface area contributed by atoms with Crippen molar-refractivity contribution in [1.82, 2.24) is 4.57 Å². The number of carbonyl (C=O) groups is 1. The van der Waals surface area contributed by atoms with Crippen LogP contribution in [0.25, 0.3) is 10.8 Å². The minimum atomic E-state index is -0.767. The number of fused-ring (bicyclic) bond motifs is 1. The van der Waals surface area contributed by atoms with Crippen LogP contribution in [0.1, 0.15) is 25.8 Å². The van der Waals surface area contributed by atoms with Gasteiger partial charge in [0.15, 0.2) is 0 Å². The van der Waals surface area contributed by atoms with Crippen LogP contribution < -0.4 is 5.56 Å². The second kappa shape index (κ2) is 5.25. The summed E-state index contributed by atoms with van der Waals surface area (Å²) in [5.74, 6) is -0.464. The third-order valence-electron chi connectivity index (χ3n) is 3.71. The second-order valence-corrected chi connectivity index (χ2v) is 5.34. The Morgan fingerprint density at radius 3 is 2.73 bits per heavy atom. The van der Waals surface area contributed by atoms with Crippen molar-refractivity contribution in [2.24, 2.45) is 0 Å². The maximum absolute atomic E-state index is 12.5. The van der Waals surface area contributed by atoms with Crippen LogP contribution in [-0.2, 0) is 9.53 Å². The molecule has 0 aliphatic heterocycles. The molecule has 1 aromatic heterocycles. The first-order valence-electron chi connectivity index (χ1n) is 6.98. The van der Waals surface area contributed by atoms with E-state index in [-0.39, 0.29) is 22.6 Å². The Labute approximate surface area is 125 Å². The summed E-state index contributed by atoms with van der Waals surface area (Å²) in [6.45, 7) is 1.58. The van der Waals surface area contributed by atoms with Crippen LogP contribution in [0.15, 0.2) is 35.3 Å². The molecule has 0 unspecified atom stereocenters. The highest BCUT2D eigenvalue weighted by molar-refractivity contribution is 5.90. The quantitative estimate of drug-likeness (QED) is 0.490. The number of esters is 1. The molecule has 1 saturated carbocycles. The fourth-order valence-corrected chi connectivity index (χ4v) is 2.30. The average molecular weight is 302 g/mol. The van der Waals surface area contributed by atoms with Crippen molar-refractivity contribution in [3.8, 4) is 0 Å². The monoisotopic (exact) mass is 302 g/mol. The summed E-state index contributed by atoms with van der Waals surface area (Å²) < 4.78 is 6.45. The smallest absolute Gasteiger partial charge is 0.329 e. The van der Waals surface area contributed by atoms with E-state index < -0.39 is 22.5 Å². The van der Waals surface area contributed by atoms with E-state index in [0.717, 1.165) is 12.8 Å². The van der Waals surface area contributed by atoms with Crippen LogP contribution in [0, 0.1) is 10.1 Å². The number of nitrogens with zero attached hydrogens (tertiary/aromatic N) is 2. The van der Waals surface area contributed by atoms with Crippen LogP contribution in [0.5, 0.6) is 0 Å². The van der Waals surface area contributed by atoms with Crippen molar-refractivity contribution in [3.63, 3.8) is 0 Å². The molecule has 1 fully saturated rings. The molecule has 22 heavy (non-hydrogen) atoms. The molecule has 0 N–H and O–H groups in total. The van der Waals surface area contributed by atoms with Gasteiger partial charge >= 0.3 is 5.97 Å². The summed E-state index contributed by atoms with van der Waals surface area (Å²) in [6.07, 6.45) is 3.08. The predicted molar refractivity (Wildman–Crippen MR) is 78.7 cm³/mol. The van der Waals surface area contributed by atoms with Gasteiger partial charge in [0.25, 0.3) is 11.2 Å². The molecule has 7 nitrogen and oxygen atoms in total. The number of hydrogen-bond donors (Lipinski definition) is 0. The molecule has 114 valence electrons. The molecule has 1 atom stereocenters. The SMILES string of the molecule is C[C@H](C(=O)OC1CC1)n1ccc2c([N+](=O)[O-])cccc2c1=O.